The first-order valence-electron chi connectivity index (χ1n) is 5.78. The molecule has 0 saturated carbocycles. The van der Waals surface area contributed by atoms with Gasteiger partial charge in [0.05, 0.1) is 6.20 Å². The average Bonchev–Trinajstić information content (AvgIpc) is 2.79. The zero-order valence-corrected chi connectivity index (χ0v) is 11.5. The van der Waals surface area contributed by atoms with Crippen LogP contribution in [0, 0.1) is 6.92 Å². The van der Waals surface area contributed by atoms with Gasteiger partial charge in [-0.3, -0.25) is 9.48 Å². The van der Waals surface area contributed by atoms with Gasteiger partial charge in [-0.25, -0.2) is 0 Å². The molecule has 6 heteroatoms. The molecule has 100 valence electrons. The molecule has 2 rings (SSSR count). The molecule has 1 heterocycles. The summed E-state index contributed by atoms with van der Waals surface area (Å²) in [6.45, 7) is 1.90. The van der Waals surface area contributed by atoms with Crippen molar-refractivity contribution in [2.45, 2.75) is 13.0 Å². The van der Waals surface area contributed by atoms with E-state index in [0.717, 1.165) is 5.56 Å². The highest BCUT2D eigenvalue weighted by Crippen LogP contribution is 2.21. The van der Waals surface area contributed by atoms with Crippen LogP contribution in [0.4, 0.5) is 5.69 Å². The van der Waals surface area contributed by atoms with E-state index in [9.17, 15) is 4.79 Å². The van der Waals surface area contributed by atoms with Crippen molar-refractivity contribution in [1.29, 1.82) is 0 Å². The molecule has 1 aromatic carbocycles. The van der Waals surface area contributed by atoms with Crippen molar-refractivity contribution < 1.29 is 4.79 Å². The third-order valence-electron chi connectivity index (χ3n) is 2.81. The van der Waals surface area contributed by atoms with Crippen LogP contribution in [0.15, 0.2) is 30.6 Å². The van der Waals surface area contributed by atoms with Crippen LogP contribution in [-0.2, 0) is 11.8 Å². The smallest absolute Gasteiger partial charge is 0.246 e. The molecule has 3 N–H and O–H groups in total. The molecule has 1 unspecified atom stereocenters. The molecule has 1 amide bonds. The predicted molar refractivity (Wildman–Crippen MR) is 75.0 cm³/mol. The molecule has 1 aromatic heterocycles. The lowest BCUT2D eigenvalue weighted by molar-refractivity contribution is -0.117. The highest BCUT2D eigenvalue weighted by atomic mass is 35.5. The van der Waals surface area contributed by atoms with Crippen LogP contribution in [0.25, 0.3) is 0 Å². The maximum atomic E-state index is 12.0. The minimum atomic E-state index is -0.756. The maximum Gasteiger partial charge on any atom is 0.246 e. The molecule has 2 aromatic rings. The topological polar surface area (TPSA) is 72.9 Å². The van der Waals surface area contributed by atoms with Crippen molar-refractivity contribution in [2.24, 2.45) is 12.8 Å². The van der Waals surface area contributed by atoms with Gasteiger partial charge < -0.3 is 11.1 Å². The van der Waals surface area contributed by atoms with Gasteiger partial charge in [0.25, 0.3) is 0 Å². The number of aryl methyl sites for hydroxylation is 2. The van der Waals surface area contributed by atoms with Crippen LogP contribution in [0.5, 0.6) is 0 Å². The summed E-state index contributed by atoms with van der Waals surface area (Å²) in [5.74, 6) is -0.298. The van der Waals surface area contributed by atoms with Crippen LogP contribution >= 0.6 is 11.6 Å². The monoisotopic (exact) mass is 278 g/mol. The lowest BCUT2D eigenvalue weighted by Crippen LogP contribution is -2.27. The van der Waals surface area contributed by atoms with E-state index in [-0.39, 0.29) is 5.91 Å². The summed E-state index contributed by atoms with van der Waals surface area (Å²) in [5, 5.41) is 7.32. The highest BCUT2D eigenvalue weighted by molar-refractivity contribution is 6.31. The molecular weight excluding hydrogens is 264 g/mol. The van der Waals surface area contributed by atoms with Gasteiger partial charge in [-0.15, -0.1) is 0 Å². The number of nitrogens with two attached hydrogens (primary N) is 1. The first-order valence-corrected chi connectivity index (χ1v) is 6.16. The molecule has 5 nitrogen and oxygen atoms in total. The largest absolute Gasteiger partial charge is 0.324 e. The number of hydrogen-bond donors (Lipinski definition) is 2. The molecule has 0 spiro atoms. The Kier molecular flexibility index (Phi) is 3.87. The van der Waals surface area contributed by atoms with Crippen LogP contribution in [0.1, 0.15) is 17.2 Å². The molecule has 0 aliphatic carbocycles. The van der Waals surface area contributed by atoms with Gasteiger partial charge in [-0.1, -0.05) is 17.7 Å². The number of amides is 1. The van der Waals surface area contributed by atoms with Crippen LogP contribution in [-0.4, -0.2) is 15.7 Å². The first kappa shape index (κ1) is 13.6. The number of benzene rings is 1. The number of nitrogens with zero attached hydrogens (tertiary/aromatic N) is 2. The lowest BCUT2D eigenvalue weighted by Gasteiger charge is -2.11. The van der Waals surface area contributed by atoms with Gasteiger partial charge in [0.1, 0.15) is 6.04 Å². The summed E-state index contributed by atoms with van der Waals surface area (Å²) in [7, 11) is 1.77. The van der Waals surface area contributed by atoms with Gasteiger partial charge in [0.15, 0.2) is 0 Å². The molecule has 0 aliphatic heterocycles. The Bertz CT molecular complexity index is 608. The average molecular weight is 279 g/mol. The second kappa shape index (κ2) is 5.42. The van der Waals surface area contributed by atoms with E-state index in [1.807, 2.05) is 13.0 Å². The van der Waals surface area contributed by atoms with Crippen molar-refractivity contribution >= 4 is 23.2 Å². The number of aromatic nitrogens is 2. The number of carbonyl (C=O) groups is 1. The Labute approximate surface area is 116 Å². The number of nitrogens with one attached hydrogen (secondary N) is 1. The normalized spacial score (nSPS) is 12.2. The fourth-order valence-electron chi connectivity index (χ4n) is 1.64. The molecule has 0 aliphatic rings. The minimum Gasteiger partial charge on any atom is -0.324 e. The third kappa shape index (κ3) is 3.13. The minimum absolute atomic E-state index is 0.298. The van der Waals surface area contributed by atoms with E-state index in [1.54, 1.807) is 36.3 Å². The number of anilines is 1. The van der Waals surface area contributed by atoms with E-state index in [0.29, 0.717) is 16.3 Å². The second-order valence-corrected chi connectivity index (χ2v) is 4.79. The Balaban J connectivity index is 2.10. The molecule has 0 bridgehead atoms. The van der Waals surface area contributed by atoms with Crippen LogP contribution in [0.2, 0.25) is 5.02 Å². The fourth-order valence-corrected chi connectivity index (χ4v) is 1.82. The zero-order chi connectivity index (χ0) is 14.0. The van der Waals surface area contributed by atoms with E-state index in [2.05, 4.69) is 10.4 Å². The van der Waals surface area contributed by atoms with E-state index in [1.165, 1.54) is 0 Å². The van der Waals surface area contributed by atoms with Crippen LogP contribution < -0.4 is 11.1 Å². The van der Waals surface area contributed by atoms with Crippen molar-refractivity contribution in [3.05, 3.63) is 46.7 Å². The Morgan fingerprint density at radius 1 is 1.53 bits per heavy atom. The molecule has 0 saturated heterocycles. The number of rotatable bonds is 3. The van der Waals surface area contributed by atoms with Crippen molar-refractivity contribution in [2.75, 3.05) is 5.32 Å². The highest BCUT2D eigenvalue weighted by Gasteiger charge is 2.17. The summed E-state index contributed by atoms with van der Waals surface area (Å²) in [5.41, 5.74) is 8.11. The molecule has 1 atom stereocenters. The maximum absolute atomic E-state index is 12.0. The van der Waals surface area contributed by atoms with Crippen molar-refractivity contribution in [1.82, 2.24) is 9.78 Å². The van der Waals surface area contributed by atoms with Crippen molar-refractivity contribution in [3.63, 3.8) is 0 Å². The summed E-state index contributed by atoms with van der Waals surface area (Å²) in [4.78, 5) is 12.0. The summed E-state index contributed by atoms with van der Waals surface area (Å²) >= 11 is 6.00. The Morgan fingerprint density at radius 2 is 2.26 bits per heavy atom. The van der Waals surface area contributed by atoms with Gasteiger partial charge in [-0.05, 0) is 24.6 Å². The van der Waals surface area contributed by atoms with Gasteiger partial charge in [0.2, 0.25) is 5.91 Å². The van der Waals surface area contributed by atoms with E-state index in [4.69, 9.17) is 17.3 Å². The Morgan fingerprint density at radius 3 is 2.84 bits per heavy atom. The molecule has 0 radical (unpaired) electrons. The number of carbonyl (C=O) groups excluding carboxylic acids is 1. The predicted octanol–water partition coefficient (Wildman–Crippen LogP) is 2.02. The fraction of sp³-hybridized carbons (Fsp3) is 0.231. The standard InChI is InChI=1S/C13H15ClN4O/c1-8-3-4-10(5-11(8)14)17-13(19)12(15)9-6-16-18(2)7-9/h3-7,12H,15H2,1-2H3,(H,17,19). The SMILES string of the molecule is Cc1ccc(NC(=O)C(N)c2cnn(C)c2)cc1Cl. The van der Waals surface area contributed by atoms with Gasteiger partial charge in [-0.2, -0.15) is 5.10 Å². The van der Waals surface area contributed by atoms with E-state index < -0.39 is 6.04 Å². The lowest BCUT2D eigenvalue weighted by atomic mass is 10.1. The Hall–Kier alpha value is -1.85. The van der Waals surface area contributed by atoms with Gasteiger partial charge >= 0.3 is 0 Å². The second-order valence-electron chi connectivity index (χ2n) is 4.38. The van der Waals surface area contributed by atoms with Gasteiger partial charge in [0, 0.05) is 29.5 Å². The number of halogens is 1. The summed E-state index contributed by atoms with van der Waals surface area (Å²) in [6.07, 6.45) is 3.29. The third-order valence-corrected chi connectivity index (χ3v) is 3.21. The quantitative estimate of drug-likeness (QED) is 0.902. The summed E-state index contributed by atoms with van der Waals surface area (Å²) in [6, 6.07) is 4.57. The van der Waals surface area contributed by atoms with Crippen LogP contribution in [0.3, 0.4) is 0 Å². The first-order chi connectivity index (χ1) is 8.97. The molecule has 0 fully saturated rings. The molecular formula is C13H15ClN4O. The number of hydrogen-bond acceptors (Lipinski definition) is 3. The molecule has 19 heavy (non-hydrogen) atoms. The zero-order valence-electron chi connectivity index (χ0n) is 10.7. The van der Waals surface area contributed by atoms with Crippen molar-refractivity contribution in [3.8, 4) is 0 Å². The van der Waals surface area contributed by atoms with E-state index >= 15 is 0 Å². The summed E-state index contributed by atoms with van der Waals surface area (Å²) < 4.78 is 1.60.